The topological polar surface area (TPSA) is 41.3 Å². The van der Waals surface area contributed by atoms with E-state index in [0.29, 0.717) is 0 Å². The maximum Gasteiger partial charge on any atom is 0.109 e. The summed E-state index contributed by atoms with van der Waals surface area (Å²) < 4.78 is 2.86. The maximum atomic E-state index is 11.0. The van der Waals surface area contributed by atoms with Gasteiger partial charge in [0, 0.05) is 12.6 Å². The lowest BCUT2D eigenvalue weighted by Crippen LogP contribution is -2.31. The van der Waals surface area contributed by atoms with Gasteiger partial charge in [-0.05, 0) is 62.6 Å². The fourth-order valence-corrected chi connectivity index (χ4v) is 3.30. The fraction of sp³-hybridized carbons (Fsp3) is 0.769. The van der Waals surface area contributed by atoms with Crippen molar-refractivity contribution in [3.63, 3.8) is 0 Å². The van der Waals surface area contributed by atoms with Gasteiger partial charge in [0.2, 0.25) is 0 Å². The van der Waals surface area contributed by atoms with Crippen molar-refractivity contribution in [1.29, 1.82) is 0 Å². The third kappa shape index (κ3) is 2.63. The molecule has 0 aromatic carbocycles. The molecule has 102 valence electrons. The van der Waals surface area contributed by atoms with Gasteiger partial charge in [-0.3, -0.25) is 4.68 Å². The smallest absolute Gasteiger partial charge is 0.109 e. The van der Waals surface area contributed by atoms with Crippen LogP contribution in [0.2, 0.25) is 0 Å². The first-order chi connectivity index (χ1) is 8.44. The van der Waals surface area contributed by atoms with Crippen LogP contribution in [0.15, 0.2) is 10.7 Å². The molecule has 18 heavy (non-hydrogen) atoms. The van der Waals surface area contributed by atoms with Crippen molar-refractivity contribution in [2.45, 2.75) is 44.8 Å². The molecular weight excluding hydrogens is 294 g/mol. The molecule has 0 saturated carbocycles. The second-order valence-electron chi connectivity index (χ2n) is 5.57. The van der Waals surface area contributed by atoms with Crippen molar-refractivity contribution in [2.24, 2.45) is 0 Å². The van der Waals surface area contributed by atoms with Crippen LogP contribution in [0.1, 0.15) is 44.8 Å². The molecule has 1 unspecified atom stereocenters. The summed E-state index contributed by atoms with van der Waals surface area (Å²) in [6.45, 7) is 6.16. The van der Waals surface area contributed by atoms with E-state index in [9.17, 15) is 5.11 Å². The van der Waals surface area contributed by atoms with E-state index in [1.807, 2.05) is 4.68 Å². The van der Waals surface area contributed by atoms with Gasteiger partial charge in [-0.15, -0.1) is 0 Å². The maximum absolute atomic E-state index is 11.0. The van der Waals surface area contributed by atoms with E-state index in [-0.39, 0.29) is 6.04 Å². The van der Waals surface area contributed by atoms with E-state index in [1.165, 1.54) is 0 Å². The van der Waals surface area contributed by atoms with Crippen LogP contribution in [0.5, 0.6) is 0 Å². The molecular formula is C13H22BrN3O. The zero-order valence-electron chi connectivity index (χ0n) is 11.4. The highest BCUT2D eigenvalue weighted by molar-refractivity contribution is 9.10. The average Bonchev–Trinajstić information content (AvgIpc) is 2.61. The van der Waals surface area contributed by atoms with Crippen molar-refractivity contribution in [3.8, 4) is 0 Å². The largest absolute Gasteiger partial charge is 0.383 e. The molecule has 1 aliphatic rings. The summed E-state index contributed by atoms with van der Waals surface area (Å²) in [5.74, 6) is 0. The lowest BCUT2D eigenvalue weighted by molar-refractivity contribution is 0.0112. The minimum Gasteiger partial charge on any atom is -0.383 e. The van der Waals surface area contributed by atoms with E-state index in [2.05, 4.69) is 46.8 Å². The van der Waals surface area contributed by atoms with E-state index in [4.69, 9.17) is 0 Å². The number of aromatic nitrogens is 2. The van der Waals surface area contributed by atoms with E-state index < -0.39 is 5.60 Å². The molecule has 4 nitrogen and oxygen atoms in total. The van der Waals surface area contributed by atoms with Gasteiger partial charge in [0.15, 0.2) is 0 Å². The van der Waals surface area contributed by atoms with Gasteiger partial charge in [0.25, 0.3) is 0 Å². The molecule has 1 saturated heterocycles. The Balaban J connectivity index is 2.36. The Morgan fingerprint density at radius 3 is 2.78 bits per heavy atom. The first-order valence-corrected chi connectivity index (χ1v) is 7.38. The van der Waals surface area contributed by atoms with E-state index in [1.54, 1.807) is 6.20 Å². The van der Waals surface area contributed by atoms with Crippen LogP contribution in [-0.4, -0.2) is 39.9 Å². The Bertz CT molecular complexity index is 418. The summed E-state index contributed by atoms with van der Waals surface area (Å²) in [5, 5.41) is 15.4. The third-order valence-corrected chi connectivity index (χ3v) is 4.30. The lowest BCUT2D eigenvalue weighted by Gasteiger charge is -2.29. The molecule has 0 bridgehead atoms. The minimum absolute atomic E-state index is 0.260. The van der Waals surface area contributed by atoms with Crippen molar-refractivity contribution in [2.75, 3.05) is 20.1 Å². The molecule has 1 fully saturated rings. The van der Waals surface area contributed by atoms with Crippen LogP contribution in [0, 0.1) is 0 Å². The first kappa shape index (κ1) is 14.0. The summed E-state index contributed by atoms with van der Waals surface area (Å²) in [5.41, 5.74) is 0.178. The van der Waals surface area contributed by atoms with Crippen LogP contribution in [0.4, 0.5) is 0 Å². The average molecular weight is 316 g/mol. The molecule has 1 aromatic heterocycles. The summed E-state index contributed by atoms with van der Waals surface area (Å²) >= 11 is 3.54. The normalized spacial score (nSPS) is 26.6. The lowest BCUT2D eigenvalue weighted by atomic mass is 9.91. The van der Waals surface area contributed by atoms with Crippen LogP contribution < -0.4 is 0 Å². The molecule has 5 heteroatoms. The highest BCUT2D eigenvalue weighted by Crippen LogP contribution is 2.37. The Morgan fingerprint density at radius 2 is 2.11 bits per heavy atom. The predicted molar refractivity (Wildman–Crippen MR) is 75.6 cm³/mol. The fourth-order valence-electron chi connectivity index (χ4n) is 2.66. The van der Waals surface area contributed by atoms with Crippen LogP contribution in [-0.2, 0) is 5.60 Å². The number of halogens is 1. The van der Waals surface area contributed by atoms with Crippen LogP contribution >= 0.6 is 15.9 Å². The monoisotopic (exact) mass is 315 g/mol. The first-order valence-electron chi connectivity index (χ1n) is 6.58. The molecule has 1 N–H and O–H groups in total. The molecule has 0 spiro atoms. The van der Waals surface area contributed by atoms with Gasteiger partial charge >= 0.3 is 0 Å². The van der Waals surface area contributed by atoms with Crippen LogP contribution in [0.3, 0.4) is 0 Å². The molecule has 2 rings (SSSR count). The van der Waals surface area contributed by atoms with Gasteiger partial charge in [0.1, 0.15) is 5.60 Å². The number of aliphatic hydroxyl groups is 1. The number of hydrogen-bond acceptors (Lipinski definition) is 3. The molecule has 0 radical (unpaired) electrons. The zero-order chi connectivity index (χ0) is 13.3. The summed E-state index contributed by atoms with van der Waals surface area (Å²) in [6, 6.07) is 0.260. The summed E-state index contributed by atoms with van der Waals surface area (Å²) in [6.07, 6.45) is 4.37. The molecule has 0 aliphatic carbocycles. The highest BCUT2D eigenvalue weighted by atomic mass is 79.9. The minimum atomic E-state index is -0.760. The van der Waals surface area contributed by atoms with Crippen molar-refractivity contribution >= 4 is 15.9 Å². The standard InChI is InChI=1S/C13H22BrN3O/c1-10(2)17-12(11(14)9-15-17)13(18)5-4-7-16(3)8-6-13/h9-10,18H,4-8H2,1-3H3. The van der Waals surface area contributed by atoms with E-state index >= 15 is 0 Å². The van der Waals surface area contributed by atoms with Crippen molar-refractivity contribution in [3.05, 3.63) is 16.4 Å². The van der Waals surface area contributed by atoms with Crippen molar-refractivity contribution < 1.29 is 5.11 Å². The second-order valence-corrected chi connectivity index (χ2v) is 6.42. The number of rotatable bonds is 2. The quantitative estimate of drug-likeness (QED) is 0.911. The molecule has 1 atom stereocenters. The molecule has 2 heterocycles. The van der Waals surface area contributed by atoms with Gasteiger partial charge in [0.05, 0.1) is 16.4 Å². The Morgan fingerprint density at radius 1 is 1.39 bits per heavy atom. The Kier molecular flexibility index (Phi) is 4.14. The van der Waals surface area contributed by atoms with Gasteiger partial charge in [-0.25, -0.2) is 0 Å². The highest BCUT2D eigenvalue weighted by Gasteiger charge is 2.36. The van der Waals surface area contributed by atoms with Gasteiger partial charge < -0.3 is 10.0 Å². The van der Waals surface area contributed by atoms with Gasteiger partial charge in [-0.2, -0.15) is 5.10 Å². The molecule has 1 aromatic rings. The Labute approximate surface area is 117 Å². The Hall–Kier alpha value is -0.390. The zero-order valence-corrected chi connectivity index (χ0v) is 12.9. The molecule has 1 aliphatic heterocycles. The summed E-state index contributed by atoms with van der Waals surface area (Å²) in [7, 11) is 2.11. The second kappa shape index (κ2) is 5.31. The SMILES string of the molecule is CC(C)n1ncc(Br)c1C1(O)CCCN(C)CC1. The van der Waals surface area contributed by atoms with Crippen LogP contribution in [0.25, 0.3) is 0 Å². The predicted octanol–water partition coefficient (Wildman–Crippen LogP) is 2.53. The number of likely N-dealkylation sites (tertiary alicyclic amines) is 1. The number of hydrogen-bond donors (Lipinski definition) is 1. The summed E-state index contributed by atoms with van der Waals surface area (Å²) in [4.78, 5) is 2.28. The molecule has 0 amide bonds. The van der Waals surface area contributed by atoms with Gasteiger partial charge in [-0.1, -0.05) is 0 Å². The van der Waals surface area contributed by atoms with E-state index in [0.717, 1.165) is 42.5 Å². The number of nitrogens with zero attached hydrogens (tertiary/aromatic N) is 3. The third-order valence-electron chi connectivity index (χ3n) is 3.72. The van der Waals surface area contributed by atoms with Crippen molar-refractivity contribution in [1.82, 2.24) is 14.7 Å².